The molecule has 2 saturated heterocycles. The lowest BCUT2D eigenvalue weighted by Gasteiger charge is -2.36. The molecule has 182 valence electrons. The number of rotatable bonds is 6. The summed E-state index contributed by atoms with van der Waals surface area (Å²) in [6, 6.07) is 14.3. The van der Waals surface area contributed by atoms with E-state index in [4.69, 9.17) is 15.2 Å². The van der Waals surface area contributed by atoms with Gasteiger partial charge in [0.15, 0.2) is 11.5 Å². The Hall–Kier alpha value is -3.78. The molecule has 0 spiro atoms. The zero-order valence-electron chi connectivity index (χ0n) is 19.6. The van der Waals surface area contributed by atoms with Gasteiger partial charge >= 0.3 is 0 Å². The number of anilines is 2. The molecule has 8 nitrogen and oxygen atoms in total. The monoisotopic (exact) mass is 474 g/mol. The van der Waals surface area contributed by atoms with Crippen LogP contribution < -0.4 is 11.1 Å². The molecule has 2 fully saturated rings. The van der Waals surface area contributed by atoms with Gasteiger partial charge in [-0.25, -0.2) is 0 Å². The second-order valence-corrected chi connectivity index (χ2v) is 9.10. The molecule has 0 aromatic heterocycles. The summed E-state index contributed by atoms with van der Waals surface area (Å²) >= 11 is 0. The number of nitrogens with two attached hydrogens (primary N) is 1. The lowest BCUT2D eigenvalue weighted by atomic mass is 9.98. The van der Waals surface area contributed by atoms with Gasteiger partial charge < -0.3 is 25.4 Å². The average Bonchev–Trinajstić information content (AvgIpc) is 3.34. The topological polar surface area (TPSA) is 97.1 Å². The van der Waals surface area contributed by atoms with Gasteiger partial charge in [0.1, 0.15) is 0 Å². The van der Waals surface area contributed by atoms with Crippen molar-refractivity contribution >= 4 is 23.2 Å². The third-order valence-corrected chi connectivity index (χ3v) is 6.66. The molecular formula is C27H30N4O4. The highest BCUT2D eigenvalue weighted by atomic mass is 16.7. The summed E-state index contributed by atoms with van der Waals surface area (Å²) in [7, 11) is 0. The zero-order valence-corrected chi connectivity index (χ0v) is 19.6. The molecular weight excluding hydrogens is 444 g/mol. The van der Waals surface area contributed by atoms with E-state index < -0.39 is 0 Å². The van der Waals surface area contributed by atoms with Crippen LogP contribution in [-0.4, -0.2) is 61.1 Å². The van der Waals surface area contributed by atoms with Crippen LogP contribution in [0.1, 0.15) is 22.3 Å². The fourth-order valence-corrected chi connectivity index (χ4v) is 4.63. The number of hydrogen-bond acceptors (Lipinski definition) is 6. The molecule has 2 heterocycles. The van der Waals surface area contributed by atoms with Crippen molar-refractivity contribution < 1.29 is 19.1 Å². The van der Waals surface area contributed by atoms with Crippen molar-refractivity contribution in [1.29, 1.82) is 0 Å². The predicted molar refractivity (Wildman–Crippen MR) is 133 cm³/mol. The molecule has 3 aliphatic rings. The van der Waals surface area contributed by atoms with Crippen LogP contribution in [0, 0.1) is 5.92 Å². The molecule has 5 rings (SSSR count). The maximum absolute atomic E-state index is 12.9. The Morgan fingerprint density at radius 1 is 0.971 bits per heavy atom. The van der Waals surface area contributed by atoms with Crippen molar-refractivity contribution in [2.24, 2.45) is 5.92 Å². The molecule has 35 heavy (non-hydrogen) atoms. The Morgan fingerprint density at radius 2 is 1.71 bits per heavy atom. The van der Waals surface area contributed by atoms with Gasteiger partial charge in [0.2, 0.25) is 12.7 Å². The van der Waals surface area contributed by atoms with Crippen molar-refractivity contribution in [3.05, 3.63) is 83.3 Å². The Morgan fingerprint density at radius 3 is 2.49 bits per heavy atom. The van der Waals surface area contributed by atoms with Crippen LogP contribution in [-0.2, 0) is 20.7 Å². The number of hydrogen-bond donors (Lipinski definition) is 2. The second-order valence-electron chi connectivity index (χ2n) is 9.10. The van der Waals surface area contributed by atoms with E-state index in [1.807, 2.05) is 29.2 Å². The van der Waals surface area contributed by atoms with E-state index in [1.54, 1.807) is 24.3 Å². The van der Waals surface area contributed by atoms with Crippen LogP contribution >= 0.6 is 0 Å². The summed E-state index contributed by atoms with van der Waals surface area (Å²) < 4.78 is 10.9. The first-order valence-electron chi connectivity index (χ1n) is 12.0. The number of nitrogens with zero attached hydrogens (tertiary/aromatic N) is 2. The molecule has 2 aromatic rings. The molecule has 2 aromatic carbocycles. The standard InChI is InChI=1S/C27H30N4O4/c28-22-3-1-2-4-23(22)29-27(33)21-8-5-19(6-9-21)16-26(32)31-13-11-30(12-14-31)17-20-7-10-24-25(15-20)35-18-34-24/h1-6,8-10,15,20H,7,11-14,16-18,28H2,(H,29,33). The van der Waals surface area contributed by atoms with Crippen molar-refractivity contribution in [1.82, 2.24) is 9.80 Å². The van der Waals surface area contributed by atoms with Gasteiger partial charge in [0.25, 0.3) is 5.91 Å². The van der Waals surface area contributed by atoms with Crippen molar-refractivity contribution in [3.8, 4) is 0 Å². The minimum Gasteiger partial charge on any atom is -0.454 e. The minimum absolute atomic E-state index is 0.114. The normalized spacial score (nSPS) is 19.7. The van der Waals surface area contributed by atoms with Gasteiger partial charge in [-0.1, -0.05) is 24.3 Å². The number of carbonyl (C=O) groups is 2. The molecule has 0 radical (unpaired) electrons. The molecule has 1 atom stereocenters. The van der Waals surface area contributed by atoms with Crippen LogP contribution in [0.15, 0.2) is 72.2 Å². The smallest absolute Gasteiger partial charge is 0.255 e. The van der Waals surface area contributed by atoms with E-state index in [1.165, 1.54) is 0 Å². The lowest BCUT2D eigenvalue weighted by Crippen LogP contribution is -2.50. The van der Waals surface area contributed by atoms with Crippen LogP contribution in [0.3, 0.4) is 0 Å². The zero-order chi connectivity index (χ0) is 24.2. The van der Waals surface area contributed by atoms with Crippen LogP contribution in [0.5, 0.6) is 0 Å². The van der Waals surface area contributed by atoms with Crippen LogP contribution in [0.2, 0.25) is 0 Å². The van der Waals surface area contributed by atoms with E-state index in [0.717, 1.165) is 56.2 Å². The summed E-state index contributed by atoms with van der Waals surface area (Å²) in [5.41, 5.74) is 8.41. The molecule has 2 amide bonds. The Balaban J connectivity index is 1.08. The highest BCUT2D eigenvalue weighted by Gasteiger charge is 2.26. The van der Waals surface area contributed by atoms with Crippen molar-refractivity contribution in [2.45, 2.75) is 12.8 Å². The third kappa shape index (κ3) is 5.49. The number of piperazine rings is 1. The number of nitrogens with one attached hydrogen (secondary N) is 1. The van der Waals surface area contributed by atoms with E-state index in [0.29, 0.717) is 36.1 Å². The van der Waals surface area contributed by atoms with Gasteiger partial charge in [0.05, 0.1) is 17.8 Å². The molecule has 2 aliphatic heterocycles. The Kier molecular flexibility index (Phi) is 6.72. The molecule has 0 bridgehead atoms. The van der Waals surface area contributed by atoms with Crippen molar-refractivity contribution in [3.63, 3.8) is 0 Å². The first-order chi connectivity index (χ1) is 17.0. The SMILES string of the molecule is Nc1ccccc1NC(=O)c1ccc(CC(=O)N2CCN(CC3C=C4OCOC4=CC3)CC2)cc1. The average molecular weight is 475 g/mol. The van der Waals surface area contributed by atoms with Gasteiger partial charge in [0, 0.05) is 38.3 Å². The van der Waals surface area contributed by atoms with Crippen molar-refractivity contribution in [2.75, 3.05) is 50.6 Å². The summed E-state index contributed by atoms with van der Waals surface area (Å²) in [5.74, 6) is 2.02. The summed E-state index contributed by atoms with van der Waals surface area (Å²) in [6.45, 7) is 4.44. The maximum atomic E-state index is 12.9. The van der Waals surface area contributed by atoms with E-state index in [9.17, 15) is 9.59 Å². The fourth-order valence-electron chi connectivity index (χ4n) is 4.63. The summed E-state index contributed by atoms with van der Waals surface area (Å²) in [6.07, 6.45) is 5.55. The quantitative estimate of drug-likeness (QED) is 0.625. The molecule has 3 N–H and O–H groups in total. The first kappa shape index (κ1) is 23.0. The molecule has 8 heteroatoms. The second kappa shape index (κ2) is 10.2. The van der Waals surface area contributed by atoms with Crippen LogP contribution in [0.4, 0.5) is 11.4 Å². The van der Waals surface area contributed by atoms with Gasteiger partial charge in [-0.3, -0.25) is 14.5 Å². The van der Waals surface area contributed by atoms with E-state index >= 15 is 0 Å². The van der Waals surface area contributed by atoms with E-state index in [-0.39, 0.29) is 11.8 Å². The molecule has 0 saturated carbocycles. The van der Waals surface area contributed by atoms with Gasteiger partial charge in [-0.05, 0) is 54.3 Å². The molecule has 1 aliphatic carbocycles. The molecule has 1 unspecified atom stereocenters. The number of allylic oxidation sites excluding steroid dienone is 1. The number of fused-ring (bicyclic) bond motifs is 1. The number of nitrogen functional groups attached to an aromatic ring is 1. The minimum atomic E-state index is -0.232. The number of carbonyl (C=O) groups excluding carboxylic acids is 2. The first-order valence-corrected chi connectivity index (χ1v) is 12.0. The lowest BCUT2D eigenvalue weighted by molar-refractivity contribution is -0.132. The van der Waals surface area contributed by atoms with E-state index in [2.05, 4.69) is 22.4 Å². The predicted octanol–water partition coefficient (Wildman–Crippen LogP) is 3.00. The van der Waals surface area contributed by atoms with Gasteiger partial charge in [-0.15, -0.1) is 0 Å². The number of ether oxygens (including phenoxy) is 2. The maximum Gasteiger partial charge on any atom is 0.255 e. The van der Waals surface area contributed by atoms with Crippen LogP contribution in [0.25, 0.3) is 0 Å². The largest absolute Gasteiger partial charge is 0.454 e. The number of amides is 2. The Bertz CT molecular complexity index is 1150. The number of benzene rings is 2. The van der Waals surface area contributed by atoms with Gasteiger partial charge in [-0.2, -0.15) is 0 Å². The highest BCUT2D eigenvalue weighted by Crippen LogP contribution is 2.29. The Labute approximate surface area is 205 Å². The third-order valence-electron chi connectivity index (χ3n) is 6.66. The number of para-hydroxylation sites is 2. The highest BCUT2D eigenvalue weighted by molar-refractivity contribution is 6.05. The summed E-state index contributed by atoms with van der Waals surface area (Å²) in [4.78, 5) is 29.7. The summed E-state index contributed by atoms with van der Waals surface area (Å²) in [5, 5.41) is 2.82. The fraction of sp³-hybridized carbons (Fsp3) is 0.333.